The third kappa shape index (κ3) is 4.72. The lowest BCUT2D eigenvalue weighted by atomic mass is 9.96. The molecular formula is C17H23NO6S. The van der Waals surface area contributed by atoms with E-state index in [1.165, 1.54) is 25.3 Å². The van der Waals surface area contributed by atoms with Crippen LogP contribution in [0.25, 0.3) is 0 Å². The van der Waals surface area contributed by atoms with Gasteiger partial charge in [-0.15, -0.1) is 0 Å². The number of carbonyl (C=O) groups excluding carboxylic acids is 1. The molecule has 0 aliphatic carbocycles. The van der Waals surface area contributed by atoms with Crippen LogP contribution in [0.3, 0.4) is 0 Å². The van der Waals surface area contributed by atoms with E-state index in [1.54, 1.807) is 4.90 Å². The third-order valence-corrected chi connectivity index (χ3v) is 5.52. The van der Waals surface area contributed by atoms with Crippen molar-refractivity contribution < 1.29 is 27.9 Å². The van der Waals surface area contributed by atoms with Gasteiger partial charge in [-0.2, -0.15) is 0 Å². The van der Waals surface area contributed by atoms with Crippen molar-refractivity contribution >= 4 is 21.7 Å². The highest BCUT2D eigenvalue weighted by Crippen LogP contribution is 2.28. The van der Waals surface area contributed by atoms with Crippen LogP contribution in [0.5, 0.6) is 5.75 Å². The summed E-state index contributed by atoms with van der Waals surface area (Å²) >= 11 is 0. The Morgan fingerprint density at radius 2 is 2.04 bits per heavy atom. The van der Waals surface area contributed by atoms with Gasteiger partial charge in [0, 0.05) is 25.3 Å². The molecule has 1 N–H and O–H groups in total. The molecule has 0 radical (unpaired) electrons. The molecule has 138 valence electrons. The number of rotatable bonds is 6. The van der Waals surface area contributed by atoms with E-state index in [2.05, 4.69) is 0 Å². The molecular weight excluding hydrogens is 346 g/mol. The van der Waals surface area contributed by atoms with Crippen molar-refractivity contribution in [2.45, 2.75) is 43.0 Å². The molecule has 1 aliphatic heterocycles. The van der Waals surface area contributed by atoms with E-state index in [0.717, 1.165) is 25.5 Å². The number of carboxylic acids is 1. The summed E-state index contributed by atoms with van der Waals surface area (Å²) in [7, 11) is -2.03. The largest absolute Gasteiger partial charge is 0.496 e. The first-order valence-electron chi connectivity index (χ1n) is 8.15. The number of benzene rings is 1. The second kappa shape index (κ2) is 7.86. The fourth-order valence-electron chi connectivity index (χ4n) is 3.10. The van der Waals surface area contributed by atoms with Crippen molar-refractivity contribution in [1.29, 1.82) is 0 Å². The molecule has 1 aromatic carbocycles. The zero-order chi connectivity index (χ0) is 18.6. The minimum absolute atomic E-state index is 0.00500. The molecule has 0 bridgehead atoms. The summed E-state index contributed by atoms with van der Waals surface area (Å²) in [5.74, 6) is -0.910. The zero-order valence-electron chi connectivity index (χ0n) is 14.4. The molecule has 7 nitrogen and oxygen atoms in total. The second-order valence-corrected chi connectivity index (χ2v) is 8.23. The van der Waals surface area contributed by atoms with Crippen molar-refractivity contribution in [1.82, 2.24) is 4.90 Å². The van der Waals surface area contributed by atoms with Gasteiger partial charge in [0.1, 0.15) is 5.75 Å². The molecule has 0 aromatic heterocycles. The number of carbonyl (C=O) groups is 2. The Bertz CT molecular complexity index is 758. The minimum Gasteiger partial charge on any atom is -0.496 e. The lowest BCUT2D eigenvalue weighted by molar-refractivity contribution is -0.137. The van der Waals surface area contributed by atoms with E-state index < -0.39 is 15.8 Å². The van der Waals surface area contributed by atoms with Crippen LogP contribution in [-0.2, 0) is 14.6 Å². The minimum atomic E-state index is -3.45. The maximum atomic E-state index is 13.0. The van der Waals surface area contributed by atoms with Crippen LogP contribution < -0.4 is 4.74 Å². The van der Waals surface area contributed by atoms with E-state index >= 15 is 0 Å². The molecule has 8 heteroatoms. The molecule has 1 amide bonds. The number of hydrogen-bond donors (Lipinski definition) is 1. The average Bonchev–Trinajstić information content (AvgIpc) is 2.58. The molecule has 25 heavy (non-hydrogen) atoms. The normalized spacial score (nSPS) is 18.0. The number of likely N-dealkylation sites (tertiary alicyclic amines) is 1. The van der Waals surface area contributed by atoms with Crippen LogP contribution in [0.15, 0.2) is 23.1 Å². The van der Waals surface area contributed by atoms with Crippen LogP contribution >= 0.6 is 0 Å². The predicted molar refractivity (Wildman–Crippen MR) is 91.6 cm³/mol. The Labute approximate surface area is 147 Å². The number of carboxylic acid groups (broad SMARTS) is 1. The van der Waals surface area contributed by atoms with Gasteiger partial charge in [-0.25, -0.2) is 8.42 Å². The molecule has 0 spiro atoms. The first-order valence-corrected chi connectivity index (χ1v) is 10.0. The summed E-state index contributed by atoms with van der Waals surface area (Å²) in [5.41, 5.74) is 0.188. The second-order valence-electron chi connectivity index (χ2n) is 6.21. The number of sulfone groups is 1. The van der Waals surface area contributed by atoms with Crippen molar-refractivity contribution in [3.05, 3.63) is 23.8 Å². The molecule has 1 atom stereocenters. The van der Waals surface area contributed by atoms with E-state index in [1.807, 2.05) is 0 Å². The van der Waals surface area contributed by atoms with Gasteiger partial charge in [0.05, 0.1) is 17.6 Å². The predicted octanol–water partition coefficient (Wildman–Crippen LogP) is 1.96. The van der Waals surface area contributed by atoms with Crippen LogP contribution in [0, 0.1) is 0 Å². The number of piperidine rings is 1. The topological polar surface area (TPSA) is 101 Å². The van der Waals surface area contributed by atoms with Crippen LogP contribution in [0.4, 0.5) is 0 Å². The van der Waals surface area contributed by atoms with E-state index in [0.29, 0.717) is 18.7 Å². The molecule has 1 unspecified atom stereocenters. The fraction of sp³-hybridized carbons (Fsp3) is 0.529. The summed E-state index contributed by atoms with van der Waals surface area (Å²) in [5, 5.41) is 8.90. The van der Waals surface area contributed by atoms with Gasteiger partial charge < -0.3 is 14.7 Å². The highest BCUT2D eigenvalue weighted by Gasteiger charge is 2.30. The van der Waals surface area contributed by atoms with Crippen LogP contribution in [-0.4, -0.2) is 56.3 Å². The monoisotopic (exact) mass is 369 g/mol. The number of amides is 1. The van der Waals surface area contributed by atoms with E-state index in [9.17, 15) is 18.0 Å². The maximum absolute atomic E-state index is 13.0. The van der Waals surface area contributed by atoms with Crippen molar-refractivity contribution in [2.75, 3.05) is 19.9 Å². The van der Waals surface area contributed by atoms with Gasteiger partial charge in [-0.1, -0.05) is 0 Å². The number of ether oxygens (including phenoxy) is 1. The third-order valence-electron chi connectivity index (χ3n) is 4.41. The van der Waals surface area contributed by atoms with Crippen molar-refractivity contribution in [3.63, 3.8) is 0 Å². The van der Waals surface area contributed by atoms with Crippen molar-refractivity contribution in [3.8, 4) is 5.75 Å². The number of nitrogens with zero attached hydrogens (tertiary/aromatic N) is 1. The summed E-state index contributed by atoms with van der Waals surface area (Å²) in [4.78, 5) is 25.6. The number of methoxy groups -OCH3 is 1. The summed E-state index contributed by atoms with van der Waals surface area (Å²) < 4.78 is 28.8. The van der Waals surface area contributed by atoms with Gasteiger partial charge >= 0.3 is 5.97 Å². The Morgan fingerprint density at radius 3 is 2.64 bits per heavy atom. The Hall–Kier alpha value is -2.09. The first kappa shape index (κ1) is 19.2. The first-order chi connectivity index (χ1) is 11.7. The summed E-state index contributed by atoms with van der Waals surface area (Å²) in [6.07, 6.45) is 3.98. The zero-order valence-corrected chi connectivity index (χ0v) is 15.2. The molecule has 0 saturated carbocycles. The number of aliphatic carboxylic acids is 1. The van der Waals surface area contributed by atoms with Crippen LogP contribution in [0.2, 0.25) is 0 Å². The smallest absolute Gasteiger partial charge is 0.303 e. The van der Waals surface area contributed by atoms with E-state index in [-0.39, 0.29) is 28.8 Å². The Balaban J connectivity index is 2.34. The van der Waals surface area contributed by atoms with Gasteiger partial charge in [-0.05, 0) is 43.9 Å². The number of hydrogen-bond acceptors (Lipinski definition) is 5. The van der Waals surface area contributed by atoms with Gasteiger partial charge in [0.25, 0.3) is 5.91 Å². The molecule has 1 aromatic rings. The summed E-state index contributed by atoms with van der Waals surface area (Å²) in [6.45, 7) is 0.523. The van der Waals surface area contributed by atoms with Crippen molar-refractivity contribution in [2.24, 2.45) is 0 Å². The average molecular weight is 369 g/mol. The van der Waals surface area contributed by atoms with Gasteiger partial charge in [0.2, 0.25) is 0 Å². The molecule has 1 heterocycles. The molecule has 2 rings (SSSR count). The molecule has 1 fully saturated rings. The summed E-state index contributed by atoms with van der Waals surface area (Å²) in [6, 6.07) is 4.05. The maximum Gasteiger partial charge on any atom is 0.303 e. The lowest BCUT2D eigenvalue weighted by Gasteiger charge is -2.36. The SMILES string of the molecule is COc1ccc(S(C)(=O)=O)cc1C(=O)N1CCCCC1CCC(=O)O. The quantitative estimate of drug-likeness (QED) is 0.822. The Kier molecular flexibility index (Phi) is 6.05. The molecule has 1 saturated heterocycles. The van der Waals surface area contributed by atoms with E-state index in [4.69, 9.17) is 9.84 Å². The lowest BCUT2D eigenvalue weighted by Crippen LogP contribution is -2.44. The highest BCUT2D eigenvalue weighted by atomic mass is 32.2. The highest BCUT2D eigenvalue weighted by molar-refractivity contribution is 7.90. The van der Waals surface area contributed by atoms with Gasteiger partial charge in [-0.3, -0.25) is 9.59 Å². The standard InChI is InChI=1S/C17H23NO6S/c1-24-15-8-7-13(25(2,22)23)11-14(15)17(21)18-10-4-3-5-12(18)6-9-16(19)20/h7-8,11-12H,3-6,9-10H2,1-2H3,(H,19,20). The van der Waals surface area contributed by atoms with Gasteiger partial charge in [0.15, 0.2) is 9.84 Å². The molecule has 1 aliphatic rings. The van der Waals surface area contributed by atoms with Crippen LogP contribution in [0.1, 0.15) is 42.5 Å². The fourth-order valence-corrected chi connectivity index (χ4v) is 3.74. The Morgan fingerprint density at radius 1 is 1.32 bits per heavy atom.